The molecule has 0 saturated carbocycles. The minimum Gasteiger partial charge on any atom is -0.508 e. The number of hydrogen-bond acceptors (Lipinski definition) is 2. The van der Waals surface area contributed by atoms with Gasteiger partial charge in [0.15, 0.2) is 0 Å². The molecule has 0 aliphatic rings. The predicted molar refractivity (Wildman–Crippen MR) is 47.5 cm³/mol. The molecule has 2 nitrogen and oxygen atoms in total. The Labute approximate surface area is 80.0 Å². The van der Waals surface area contributed by atoms with Crippen molar-refractivity contribution >= 4 is 17.4 Å². The number of aromatic hydroxyl groups is 1. The van der Waals surface area contributed by atoms with Crippen LogP contribution in [-0.2, 0) is 11.2 Å². The molecule has 0 bridgehead atoms. The van der Waals surface area contributed by atoms with Crippen molar-refractivity contribution in [2.45, 2.75) is 13.3 Å². The highest BCUT2D eigenvalue weighted by Gasteiger charge is 2.13. The van der Waals surface area contributed by atoms with Gasteiger partial charge in [-0.1, -0.05) is 11.6 Å². The Morgan fingerprint density at radius 2 is 2.23 bits per heavy atom. The number of carbonyl (C=O) groups excluding carboxylic acids is 1. The summed E-state index contributed by atoms with van der Waals surface area (Å²) in [5.74, 6) is -1.19. The smallest absolute Gasteiger partial charge is 0.149 e. The van der Waals surface area contributed by atoms with Gasteiger partial charge in [-0.15, -0.1) is 0 Å². The molecule has 0 fully saturated rings. The zero-order valence-corrected chi connectivity index (χ0v) is 7.73. The van der Waals surface area contributed by atoms with Crippen LogP contribution < -0.4 is 0 Å². The van der Waals surface area contributed by atoms with Crippen molar-refractivity contribution in [3.63, 3.8) is 0 Å². The number of ketones is 1. The van der Waals surface area contributed by atoms with E-state index in [4.69, 9.17) is 11.6 Å². The minimum absolute atomic E-state index is 0.0417. The van der Waals surface area contributed by atoms with Gasteiger partial charge < -0.3 is 5.11 Å². The topological polar surface area (TPSA) is 37.3 Å². The van der Waals surface area contributed by atoms with Crippen molar-refractivity contribution in [1.82, 2.24) is 0 Å². The van der Waals surface area contributed by atoms with Gasteiger partial charge in [-0.3, -0.25) is 4.79 Å². The van der Waals surface area contributed by atoms with Gasteiger partial charge >= 0.3 is 0 Å². The first-order valence-electron chi connectivity index (χ1n) is 3.67. The molecule has 0 aliphatic carbocycles. The van der Waals surface area contributed by atoms with Gasteiger partial charge in [0.05, 0.1) is 5.02 Å². The summed E-state index contributed by atoms with van der Waals surface area (Å²) in [7, 11) is 0. The lowest BCUT2D eigenvalue weighted by atomic mass is 10.1. The van der Waals surface area contributed by atoms with Crippen molar-refractivity contribution in [1.29, 1.82) is 0 Å². The van der Waals surface area contributed by atoms with Crippen molar-refractivity contribution < 1.29 is 14.3 Å². The summed E-state index contributed by atoms with van der Waals surface area (Å²) in [6.07, 6.45) is -0.141. The first-order chi connectivity index (χ1) is 6.02. The van der Waals surface area contributed by atoms with Crippen LogP contribution >= 0.6 is 11.6 Å². The second kappa shape index (κ2) is 3.75. The van der Waals surface area contributed by atoms with E-state index in [1.54, 1.807) is 0 Å². The maximum Gasteiger partial charge on any atom is 0.149 e. The molecular weight excluding hydrogens is 195 g/mol. The lowest BCUT2D eigenvalue weighted by molar-refractivity contribution is -0.116. The summed E-state index contributed by atoms with van der Waals surface area (Å²) in [4.78, 5) is 10.7. The monoisotopic (exact) mass is 202 g/mol. The average Bonchev–Trinajstić information content (AvgIpc) is 2.05. The maximum atomic E-state index is 13.2. The van der Waals surface area contributed by atoms with E-state index < -0.39 is 5.82 Å². The fourth-order valence-electron chi connectivity index (χ4n) is 1.000. The molecule has 0 aromatic heterocycles. The standard InChI is InChI=1S/C9H8ClFO2/c1-5(12)4-6-8(13)3-2-7(10)9(6)11/h2-3,13H,4H2,1H3. The molecule has 0 unspecified atom stereocenters. The highest BCUT2D eigenvalue weighted by molar-refractivity contribution is 6.30. The number of phenolic OH excluding ortho intramolecular Hbond substituents is 1. The van der Waals surface area contributed by atoms with Crippen molar-refractivity contribution in [2.24, 2.45) is 0 Å². The molecule has 0 atom stereocenters. The van der Waals surface area contributed by atoms with Crippen molar-refractivity contribution in [3.8, 4) is 5.75 Å². The molecular formula is C9H8ClFO2. The summed E-state index contributed by atoms with van der Waals surface area (Å²) in [6, 6.07) is 2.51. The SMILES string of the molecule is CC(=O)Cc1c(O)ccc(Cl)c1F. The Bertz CT molecular complexity index is 350. The maximum absolute atomic E-state index is 13.2. The normalized spacial score (nSPS) is 10.1. The number of Topliss-reactive ketones (excluding diaryl/α,β-unsaturated/α-hetero) is 1. The number of rotatable bonds is 2. The van der Waals surface area contributed by atoms with Gasteiger partial charge in [0.1, 0.15) is 17.3 Å². The van der Waals surface area contributed by atoms with E-state index in [9.17, 15) is 14.3 Å². The fourth-order valence-corrected chi connectivity index (χ4v) is 1.18. The quantitative estimate of drug-likeness (QED) is 0.799. The second-order valence-electron chi connectivity index (χ2n) is 2.74. The number of benzene rings is 1. The summed E-state index contributed by atoms with van der Waals surface area (Å²) in [6.45, 7) is 1.32. The summed E-state index contributed by atoms with van der Waals surface area (Å²) in [5, 5.41) is 9.12. The Morgan fingerprint density at radius 3 is 2.77 bits per heavy atom. The van der Waals surface area contributed by atoms with Crippen LogP contribution in [0.25, 0.3) is 0 Å². The third kappa shape index (κ3) is 2.18. The lowest BCUT2D eigenvalue weighted by Gasteiger charge is -2.04. The second-order valence-corrected chi connectivity index (χ2v) is 3.15. The average molecular weight is 203 g/mol. The van der Waals surface area contributed by atoms with E-state index in [0.717, 1.165) is 0 Å². The van der Waals surface area contributed by atoms with Gasteiger partial charge in [0.2, 0.25) is 0 Å². The Hall–Kier alpha value is -1.09. The molecule has 70 valence electrons. The van der Waals surface area contributed by atoms with Crippen LogP contribution in [0.1, 0.15) is 12.5 Å². The molecule has 1 N–H and O–H groups in total. The van der Waals surface area contributed by atoms with E-state index in [1.807, 2.05) is 0 Å². The molecule has 4 heteroatoms. The largest absolute Gasteiger partial charge is 0.508 e. The van der Waals surface area contributed by atoms with Gasteiger partial charge in [-0.2, -0.15) is 0 Å². The van der Waals surface area contributed by atoms with E-state index >= 15 is 0 Å². The number of halogens is 2. The predicted octanol–water partition coefficient (Wildman–Crippen LogP) is 2.32. The van der Waals surface area contributed by atoms with Crippen LogP contribution in [0.2, 0.25) is 5.02 Å². The molecule has 13 heavy (non-hydrogen) atoms. The Kier molecular flexibility index (Phi) is 2.88. The molecule has 1 aromatic carbocycles. The zero-order valence-electron chi connectivity index (χ0n) is 6.97. The molecule has 0 saturated heterocycles. The summed E-state index contributed by atoms with van der Waals surface area (Å²) < 4.78 is 13.2. The van der Waals surface area contributed by atoms with Crippen LogP contribution in [0.15, 0.2) is 12.1 Å². The Balaban J connectivity index is 3.17. The van der Waals surface area contributed by atoms with E-state index in [1.165, 1.54) is 19.1 Å². The van der Waals surface area contributed by atoms with E-state index in [0.29, 0.717) is 0 Å². The van der Waals surface area contributed by atoms with E-state index in [-0.39, 0.29) is 28.5 Å². The molecule has 1 rings (SSSR count). The van der Waals surface area contributed by atoms with Crippen molar-refractivity contribution in [3.05, 3.63) is 28.5 Å². The van der Waals surface area contributed by atoms with Crippen LogP contribution in [0.4, 0.5) is 4.39 Å². The Morgan fingerprint density at radius 1 is 1.62 bits per heavy atom. The van der Waals surface area contributed by atoms with Gasteiger partial charge in [-0.05, 0) is 19.1 Å². The first kappa shape index (κ1) is 9.99. The number of carbonyl (C=O) groups is 1. The first-order valence-corrected chi connectivity index (χ1v) is 4.05. The molecule has 0 aliphatic heterocycles. The molecule has 0 spiro atoms. The number of phenols is 1. The lowest BCUT2D eigenvalue weighted by Crippen LogP contribution is -2.00. The number of hydrogen-bond donors (Lipinski definition) is 1. The fraction of sp³-hybridized carbons (Fsp3) is 0.222. The van der Waals surface area contributed by atoms with Crippen LogP contribution in [0.3, 0.4) is 0 Å². The zero-order chi connectivity index (χ0) is 10.0. The van der Waals surface area contributed by atoms with Crippen LogP contribution in [0.5, 0.6) is 5.75 Å². The van der Waals surface area contributed by atoms with Crippen LogP contribution in [-0.4, -0.2) is 10.9 Å². The van der Waals surface area contributed by atoms with Gasteiger partial charge in [0, 0.05) is 12.0 Å². The van der Waals surface area contributed by atoms with Crippen molar-refractivity contribution in [2.75, 3.05) is 0 Å². The molecule has 1 aromatic rings. The van der Waals surface area contributed by atoms with Gasteiger partial charge in [-0.25, -0.2) is 4.39 Å². The third-order valence-electron chi connectivity index (χ3n) is 1.60. The highest BCUT2D eigenvalue weighted by Crippen LogP contribution is 2.26. The minimum atomic E-state index is -0.725. The highest BCUT2D eigenvalue weighted by atomic mass is 35.5. The third-order valence-corrected chi connectivity index (χ3v) is 1.89. The summed E-state index contributed by atoms with van der Waals surface area (Å²) in [5.41, 5.74) is -0.0417. The summed E-state index contributed by atoms with van der Waals surface area (Å²) >= 11 is 5.47. The molecule has 0 amide bonds. The van der Waals surface area contributed by atoms with Gasteiger partial charge in [0.25, 0.3) is 0 Å². The molecule has 0 heterocycles. The van der Waals surface area contributed by atoms with E-state index in [2.05, 4.69) is 0 Å². The van der Waals surface area contributed by atoms with Crippen LogP contribution in [0, 0.1) is 5.82 Å². The molecule has 0 radical (unpaired) electrons.